The zero-order valence-electron chi connectivity index (χ0n) is 12.7. The van der Waals surface area contributed by atoms with Crippen LogP contribution in [0.25, 0.3) is 0 Å². The van der Waals surface area contributed by atoms with Crippen molar-refractivity contribution >= 4 is 29.1 Å². The van der Waals surface area contributed by atoms with Crippen LogP contribution in [-0.4, -0.2) is 22.4 Å². The molecule has 1 unspecified atom stereocenters. The minimum absolute atomic E-state index is 0.00562. The summed E-state index contributed by atoms with van der Waals surface area (Å²) in [6.45, 7) is 6.33. The summed E-state index contributed by atoms with van der Waals surface area (Å²) in [4.78, 5) is 14.6. The molecule has 2 rings (SSSR count). The Morgan fingerprint density at radius 2 is 2.00 bits per heavy atom. The molecule has 1 fully saturated rings. The normalized spacial score (nSPS) is 17.7. The highest BCUT2D eigenvalue weighted by Gasteiger charge is 2.46. The first-order valence-electron chi connectivity index (χ1n) is 7.27. The topological polar surface area (TPSA) is 46.3 Å². The molecule has 5 heteroatoms. The number of benzene rings is 1. The van der Waals surface area contributed by atoms with Crippen LogP contribution in [0.3, 0.4) is 0 Å². The van der Waals surface area contributed by atoms with Gasteiger partial charge in [0.1, 0.15) is 0 Å². The second-order valence-corrected chi connectivity index (χ2v) is 7.15. The van der Waals surface area contributed by atoms with Gasteiger partial charge in [-0.2, -0.15) is 0 Å². The van der Waals surface area contributed by atoms with Crippen LogP contribution in [0.2, 0.25) is 10.0 Å². The standard InChI is InChI=1S/C16H22Cl2N2O/c1-10(2)20(15(21)16(3,19)12-5-6-12)9-11-4-7-13(17)14(18)8-11/h4,7-8,10,12H,5-6,9,19H2,1-3H3. The monoisotopic (exact) mass is 328 g/mol. The summed E-state index contributed by atoms with van der Waals surface area (Å²) >= 11 is 12.0. The molecule has 21 heavy (non-hydrogen) atoms. The molecule has 3 nitrogen and oxygen atoms in total. The molecular formula is C16H22Cl2N2O. The molecule has 1 saturated carbocycles. The van der Waals surface area contributed by atoms with E-state index in [1.165, 1.54) is 0 Å². The van der Waals surface area contributed by atoms with E-state index in [4.69, 9.17) is 28.9 Å². The zero-order chi connectivity index (χ0) is 15.8. The number of hydrogen-bond donors (Lipinski definition) is 1. The van der Waals surface area contributed by atoms with Gasteiger partial charge in [-0.05, 0) is 57.2 Å². The zero-order valence-corrected chi connectivity index (χ0v) is 14.2. The molecule has 0 saturated heterocycles. The summed E-state index contributed by atoms with van der Waals surface area (Å²) in [6, 6.07) is 5.53. The molecule has 0 bridgehead atoms. The van der Waals surface area contributed by atoms with Crippen LogP contribution < -0.4 is 5.73 Å². The van der Waals surface area contributed by atoms with Gasteiger partial charge in [0.15, 0.2) is 0 Å². The third-order valence-electron chi connectivity index (χ3n) is 4.11. The summed E-state index contributed by atoms with van der Waals surface area (Å²) < 4.78 is 0. The van der Waals surface area contributed by atoms with Crippen LogP contribution in [0.15, 0.2) is 18.2 Å². The van der Waals surface area contributed by atoms with Crippen LogP contribution in [0.4, 0.5) is 0 Å². The smallest absolute Gasteiger partial charge is 0.243 e. The number of nitrogens with two attached hydrogens (primary N) is 1. The number of carbonyl (C=O) groups is 1. The van der Waals surface area contributed by atoms with Crippen molar-refractivity contribution in [3.63, 3.8) is 0 Å². The van der Waals surface area contributed by atoms with Crippen molar-refractivity contribution < 1.29 is 4.79 Å². The molecule has 1 atom stereocenters. The molecule has 0 aliphatic heterocycles. The average Bonchev–Trinajstić information content (AvgIpc) is 3.23. The molecule has 1 aromatic carbocycles. The van der Waals surface area contributed by atoms with Crippen molar-refractivity contribution in [1.29, 1.82) is 0 Å². The van der Waals surface area contributed by atoms with Crippen LogP contribution in [0.5, 0.6) is 0 Å². The molecule has 0 radical (unpaired) electrons. The SMILES string of the molecule is CC(C)N(Cc1ccc(Cl)c(Cl)c1)C(=O)C(C)(N)C1CC1. The molecule has 0 aromatic heterocycles. The van der Waals surface area contributed by atoms with Crippen molar-refractivity contribution in [3.8, 4) is 0 Å². The predicted molar refractivity (Wildman–Crippen MR) is 87.5 cm³/mol. The van der Waals surface area contributed by atoms with Crippen LogP contribution in [0.1, 0.15) is 39.2 Å². The quantitative estimate of drug-likeness (QED) is 0.892. The van der Waals surface area contributed by atoms with Crippen molar-refractivity contribution in [2.75, 3.05) is 0 Å². The number of carbonyl (C=O) groups excluding carboxylic acids is 1. The summed E-state index contributed by atoms with van der Waals surface area (Å²) in [6.07, 6.45) is 2.08. The Morgan fingerprint density at radius 3 is 2.48 bits per heavy atom. The third kappa shape index (κ3) is 3.71. The average molecular weight is 329 g/mol. The number of halogens is 2. The van der Waals surface area contributed by atoms with E-state index in [0.29, 0.717) is 22.5 Å². The molecule has 2 N–H and O–H groups in total. The van der Waals surface area contributed by atoms with E-state index in [0.717, 1.165) is 18.4 Å². The van der Waals surface area contributed by atoms with Crippen LogP contribution >= 0.6 is 23.2 Å². The van der Waals surface area contributed by atoms with Gasteiger partial charge in [-0.25, -0.2) is 0 Å². The fraction of sp³-hybridized carbons (Fsp3) is 0.562. The number of hydrogen-bond acceptors (Lipinski definition) is 2. The largest absolute Gasteiger partial charge is 0.334 e. The van der Waals surface area contributed by atoms with E-state index >= 15 is 0 Å². The predicted octanol–water partition coefficient (Wildman–Crippen LogP) is 3.86. The second kappa shape index (κ2) is 6.15. The summed E-state index contributed by atoms with van der Waals surface area (Å²) in [5.74, 6) is 0.311. The van der Waals surface area contributed by atoms with E-state index in [1.807, 2.05) is 31.7 Å². The van der Waals surface area contributed by atoms with Gasteiger partial charge in [-0.3, -0.25) is 4.79 Å². The van der Waals surface area contributed by atoms with Crippen molar-refractivity contribution in [3.05, 3.63) is 33.8 Å². The lowest BCUT2D eigenvalue weighted by Crippen LogP contribution is -2.56. The molecule has 0 heterocycles. The Bertz CT molecular complexity index is 539. The Labute approximate surface area is 136 Å². The van der Waals surface area contributed by atoms with Gasteiger partial charge in [0.25, 0.3) is 0 Å². The van der Waals surface area contributed by atoms with Crippen molar-refractivity contribution in [2.24, 2.45) is 11.7 Å². The number of amides is 1. The second-order valence-electron chi connectivity index (χ2n) is 6.33. The van der Waals surface area contributed by atoms with Crippen molar-refractivity contribution in [2.45, 2.75) is 51.7 Å². The maximum atomic E-state index is 12.8. The van der Waals surface area contributed by atoms with Gasteiger partial charge < -0.3 is 10.6 Å². The highest BCUT2D eigenvalue weighted by atomic mass is 35.5. The van der Waals surface area contributed by atoms with Gasteiger partial charge in [-0.15, -0.1) is 0 Å². The summed E-state index contributed by atoms with van der Waals surface area (Å²) in [7, 11) is 0. The molecule has 1 aliphatic carbocycles. The van der Waals surface area contributed by atoms with E-state index in [9.17, 15) is 4.79 Å². The van der Waals surface area contributed by atoms with Gasteiger partial charge >= 0.3 is 0 Å². The molecule has 0 spiro atoms. The molecule has 1 aliphatic rings. The highest BCUT2D eigenvalue weighted by Crippen LogP contribution is 2.39. The van der Waals surface area contributed by atoms with Gasteiger partial charge in [-0.1, -0.05) is 29.3 Å². The maximum Gasteiger partial charge on any atom is 0.243 e. The van der Waals surface area contributed by atoms with E-state index in [1.54, 1.807) is 12.1 Å². The summed E-state index contributed by atoms with van der Waals surface area (Å²) in [5.41, 5.74) is 6.45. The third-order valence-corrected chi connectivity index (χ3v) is 4.85. The van der Waals surface area contributed by atoms with E-state index in [-0.39, 0.29) is 11.9 Å². The Kier molecular flexibility index (Phi) is 4.86. The summed E-state index contributed by atoms with van der Waals surface area (Å²) in [5, 5.41) is 1.02. The molecule has 116 valence electrons. The van der Waals surface area contributed by atoms with Gasteiger partial charge in [0.05, 0.1) is 15.6 Å². The highest BCUT2D eigenvalue weighted by molar-refractivity contribution is 6.42. The molecule has 1 aromatic rings. The maximum absolute atomic E-state index is 12.8. The van der Waals surface area contributed by atoms with Crippen LogP contribution in [0, 0.1) is 5.92 Å². The number of nitrogens with zero attached hydrogens (tertiary/aromatic N) is 1. The Hall–Kier alpha value is -0.770. The Morgan fingerprint density at radius 1 is 1.38 bits per heavy atom. The number of rotatable bonds is 5. The van der Waals surface area contributed by atoms with Gasteiger partial charge in [0, 0.05) is 12.6 Å². The molecule has 1 amide bonds. The lowest BCUT2D eigenvalue weighted by molar-refractivity contribution is -0.139. The first kappa shape index (κ1) is 16.6. The lowest BCUT2D eigenvalue weighted by Gasteiger charge is -2.35. The van der Waals surface area contributed by atoms with Crippen molar-refractivity contribution in [1.82, 2.24) is 4.90 Å². The minimum atomic E-state index is -0.777. The van der Waals surface area contributed by atoms with E-state index in [2.05, 4.69) is 0 Å². The van der Waals surface area contributed by atoms with Crippen LogP contribution in [-0.2, 0) is 11.3 Å². The fourth-order valence-electron chi connectivity index (χ4n) is 2.49. The first-order chi connectivity index (χ1) is 9.73. The van der Waals surface area contributed by atoms with E-state index < -0.39 is 5.54 Å². The molecular weight excluding hydrogens is 307 g/mol. The minimum Gasteiger partial charge on any atom is -0.334 e. The Balaban J connectivity index is 2.19. The first-order valence-corrected chi connectivity index (χ1v) is 8.03. The van der Waals surface area contributed by atoms with Gasteiger partial charge in [0.2, 0.25) is 5.91 Å². The fourth-order valence-corrected chi connectivity index (χ4v) is 2.81. The lowest BCUT2D eigenvalue weighted by atomic mass is 9.94.